The molecule has 0 aromatic heterocycles. The number of benzene rings is 1. The van der Waals surface area contributed by atoms with Crippen molar-refractivity contribution in [2.24, 2.45) is 0 Å². The van der Waals surface area contributed by atoms with Gasteiger partial charge in [-0.15, -0.1) is 0 Å². The molecule has 0 saturated carbocycles. The number of hydrogen-bond acceptors (Lipinski definition) is 3. The number of carbonyl (C=O) groups is 2. The van der Waals surface area contributed by atoms with E-state index in [2.05, 4.69) is 21.2 Å². The Morgan fingerprint density at radius 3 is 3.00 bits per heavy atom. The average molecular weight is 353 g/mol. The first-order valence-electron chi connectivity index (χ1n) is 6.78. The zero-order valence-corrected chi connectivity index (χ0v) is 13.3. The molecule has 1 heterocycles. The molecular weight excluding hydrogens is 336 g/mol. The maximum absolute atomic E-state index is 12.0. The summed E-state index contributed by atoms with van der Waals surface area (Å²) in [5.41, 5.74) is 1.65. The van der Waals surface area contributed by atoms with E-state index in [0.717, 1.165) is 21.8 Å². The molecule has 1 unspecified atom stereocenters. The standard InChI is InChI=1S/C15H17BrN2O3/c1-2-12-15(21)17-7-8-18(12)13-9-11(16)5-3-10(13)4-6-14(19)20/h3-6,9,12H,2,7-8H2,1H3,(H,17,21)(H,19,20). The molecule has 1 atom stereocenters. The zero-order valence-electron chi connectivity index (χ0n) is 11.7. The summed E-state index contributed by atoms with van der Waals surface area (Å²) < 4.78 is 0.894. The van der Waals surface area contributed by atoms with E-state index in [1.54, 1.807) is 6.08 Å². The van der Waals surface area contributed by atoms with Gasteiger partial charge in [0.1, 0.15) is 6.04 Å². The van der Waals surface area contributed by atoms with Crippen molar-refractivity contribution >= 4 is 39.6 Å². The lowest BCUT2D eigenvalue weighted by atomic mass is 10.1. The Balaban J connectivity index is 2.42. The molecule has 1 aromatic carbocycles. The number of anilines is 1. The maximum Gasteiger partial charge on any atom is 0.328 e. The lowest BCUT2D eigenvalue weighted by Crippen LogP contribution is -2.55. The first-order chi connectivity index (χ1) is 10.0. The van der Waals surface area contributed by atoms with E-state index in [9.17, 15) is 9.59 Å². The summed E-state index contributed by atoms with van der Waals surface area (Å²) >= 11 is 3.43. The third-order valence-electron chi connectivity index (χ3n) is 3.42. The van der Waals surface area contributed by atoms with Gasteiger partial charge in [0, 0.05) is 29.3 Å². The molecule has 112 valence electrons. The number of amides is 1. The molecule has 6 heteroatoms. The molecule has 1 amide bonds. The lowest BCUT2D eigenvalue weighted by molar-refractivity contribution is -0.131. The van der Waals surface area contributed by atoms with Crippen LogP contribution in [0.2, 0.25) is 0 Å². The fourth-order valence-corrected chi connectivity index (χ4v) is 2.83. The van der Waals surface area contributed by atoms with Gasteiger partial charge in [-0.1, -0.05) is 28.9 Å². The number of carboxylic acid groups (broad SMARTS) is 1. The van der Waals surface area contributed by atoms with Gasteiger partial charge in [0.2, 0.25) is 5.91 Å². The van der Waals surface area contributed by atoms with Crippen LogP contribution in [0.3, 0.4) is 0 Å². The van der Waals surface area contributed by atoms with Gasteiger partial charge in [-0.2, -0.15) is 0 Å². The van der Waals surface area contributed by atoms with Gasteiger partial charge in [0.15, 0.2) is 0 Å². The van der Waals surface area contributed by atoms with Crippen LogP contribution in [0.25, 0.3) is 6.08 Å². The van der Waals surface area contributed by atoms with E-state index in [1.165, 1.54) is 0 Å². The molecule has 1 fully saturated rings. The number of piperazine rings is 1. The van der Waals surface area contributed by atoms with Crippen molar-refractivity contribution in [3.05, 3.63) is 34.3 Å². The molecule has 2 N–H and O–H groups in total. The van der Waals surface area contributed by atoms with Crippen molar-refractivity contribution in [1.29, 1.82) is 0 Å². The molecule has 1 aliphatic rings. The lowest BCUT2D eigenvalue weighted by Gasteiger charge is -2.37. The molecule has 2 rings (SSSR count). The topological polar surface area (TPSA) is 69.6 Å². The van der Waals surface area contributed by atoms with Gasteiger partial charge in [0.05, 0.1) is 0 Å². The molecule has 21 heavy (non-hydrogen) atoms. The summed E-state index contributed by atoms with van der Waals surface area (Å²) in [5.74, 6) is -0.982. The summed E-state index contributed by atoms with van der Waals surface area (Å²) in [6.07, 6.45) is 3.36. The molecule has 1 saturated heterocycles. The highest BCUT2D eigenvalue weighted by Gasteiger charge is 2.29. The number of carbonyl (C=O) groups excluding carboxylic acids is 1. The van der Waals surface area contributed by atoms with Crippen LogP contribution in [0.5, 0.6) is 0 Å². The van der Waals surface area contributed by atoms with Crippen molar-refractivity contribution in [3.8, 4) is 0 Å². The fraction of sp³-hybridized carbons (Fsp3) is 0.333. The monoisotopic (exact) mass is 352 g/mol. The van der Waals surface area contributed by atoms with E-state index < -0.39 is 5.97 Å². The van der Waals surface area contributed by atoms with Crippen LogP contribution in [-0.4, -0.2) is 36.1 Å². The van der Waals surface area contributed by atoms with Gasteiger partial charge < -0.3 is 15.3 Å². The smallest absolute Gasteiger partial charge is 0.328 e. The molecule has 0 bridgehead atoms. The van der Waals surface area contributed by atoms with E-state index in [4.69, 9.17) is 5.11 Å². The Morgan fingerprint density at radius 1 is 1.57 bits per heavy atom. The first-order valence-corrected chi connectivity index (χ1v) is 7.57. The number of hydrogen-bond donors (Lipinski definition) is 2. The molecule has 5 nitrogen and oxygen atoms in total. The SMILES string of the molecule is CCC1C(=O)NCCN1c1cc(Br)ccc1C=CC(=O)O. The van der Waals surface area contributed by atoms with Gasteiger partial charge in [-0.05, 0) is 30.2 Å². The van der Waals surface area contributed by atoms with Crippen LogP contribution >= 0.6 is 15.9 Å². The van der Waals surface area contributed by atoms with Crippen LogP contribution in [-0.2, 0) is 9.59 Å². The summed E-state index contributed by atoms with van der Waals surface area (Å²) in [6, 6.07) is 5.39. The minimum absolute atomic E-state index is 0.0110. The number of nitrogens with one attached hydrogen (secondary N) is 1. The molecule has 0 aliphatic carbocycles. The highest BCUT2D eigenvalue weighted by molar-refractivity contribution is 9.10. The number of carboxylic acids is 1. The minimum Gasteiger partial charge on any atom is -0.478 e. The highest BCUT2D eigenvalue weighted by atomic mass is 79.9. The predicted molar refractivity (Wildman–Crippen MR) is 85.2 cm³/mol. The Bertz CT molecular complexity index is 586. The second-order valence-corrected chi connectivity index (χ2v) is 5.70. The van der Waals surface area contributed by atoms with E-state index in [-0.39, 0.29) is 11.9 Å². The maximum atomic E-state index is 12.0. The summed E-state index contributed by atoms with van der Waals surface area (Å²) in [5, 5.41) is 11.7. The largest absolute Gasteiger partial charge is 0.478 e. The number of nitrogens with zero attached hydrogens (tertiary/aromatic N) is 1. The Hall–Kier alpha value is -1.82. The van der Waals surface area contributed by atoms with E-state index in [0.29, 0.717) is 19.5 Å². The van der Waals surface area contributed by atoms with Crippen LogP contribution in [0.1, 0.15) is 18.9 Å². The van der Waals surface area contributed by atoms with E-state index in [1.807, 2.05) is 30.0 Å². The summed E-state index contributed by atoms with van der Waals surface area (Å²) in [6.45, 7) is 3.26. The van der Waals surface area contributed by atoms with Crippen molar-refractivity contribution in [1.82, 2.24) is 5.32 Å². The Kier molecular flexibility index (Phi) is 5.01. The third kappa shape index (κ3) is 3.64. The number of halogens is 1. The second kappa shape index (κ2) is 6.76. The quantitative estimate of drug-likeness (QED) is 0.815. The van der Waals surface area contributed by atoms with Gasteiger partial charge in [-0.25, -0.2) is 4.79 Å². The van der Waals surface area contributed by atoms with Crippen molar-refractivity contribution in [2.75, 3.05) is 18.0 Å². The van der Waals surface area contributed by atoms with Crippen molar-refractivity contribution in [2.45, 2.75) is 19.4 Å². The molecule has 0 radical (unpaired) electrons. The number of rotatable bonds is 4. The molecule has 1 aromatic rings. The van der Waals surface area contributed by atoms with Crippen LogP contribution in [0, 0.1) is 0 Å². The molecular formula is C15H17BrN2O3. The third-order valence-corrected chi connectivity index (χ3v) is 3.92. The first kappa shape index (κ1) is 15.6. The minimum atomic E-state index is -0.993. The van der Waals surface area contributed by atoms with Gasteiger partial charge in [0.25, 0.3) is 0 Å². The normalized spacial score (nSPS) is 18.9. The Labute approximate surface area is 131 Å². The average Bonchev–Trinajstić information content (AvgIpc) is 2.45. The van der Waals surface area contributed by atoms with Crippen molar-refractivity contribution in [3.63, 3.8) is 0 Å². The van der Waals surface area contributed by atoms with Crippen LogP contribution < -0.4 is 10.2 Å². The summed E-state index contributed by atoms with van der Waals surface area (Å²) in [7, 11) is 0. The predicted octanol–water partition coefficient (Wildman–Crippen LogP) is 2.26. The van der Waals surface area contributed by atoms with Crippen LogP contribution in [0.15, 0.2) is 28.7 Å². The fourth-order valence-electron chi connectivity index (χ4n) is 2.48. The second-order valence-electron chi connectivity index (χ2n) is 4.78. The van der Waals surface area contributed by atoms with Crippen molar-refractivity contribution < 1.29 is 14.7 Å². The van der Waals surface area contributed by atoms with Crippen LogP contribution in [0.4, 0.5) is 5.69 Å². The summed E-state index contributed by atoms with van der Waals surface area (Å²) in [4.78, 5) is 24.8. The van der Waals surface area contributed by atoms with E-state index >= 15 is 0 Å². The zero-order chi connectivity index (χ0) is 15.4. The molecule has 0 spiro atoms. The highest BCUT2D eigenvalue weighted by Crippen LogP contribution is 2.29. The Morgan fingerprint density at radius 2 is 2.33 bits per heavy atom. The van der Waals surface area contributed by atoms with Gasteiger partial charge >= 0.3 is 5.97 Å². The molecule has 1 aliphatic heterocycles. The van der Waals surface area contributed by atoms with Gasteiger partial charge in [-0.3, -0.25) is 4.79 Å². The number of aliphatic carboxylic acids is 1.